The highest BCUT2D eigenvalue weighted by molar-refractivity contribution is 4.90. The molecule has 0 saturated carbocycles. The lowest BCUT2D eigenvalue weighted by Crippen LogP contribution is -2.59. The highest BCUT2D eigenvalue weighted by atomic mass is 16.7. The van der Waals surface area contributed by atoms with Gasteiger partial charge in [-0.15, -0.1) is 0 Å². The number of rotatable bonds is 7. The van der Waals surface area contributed by atoms with E-state index in [0.29, 0.717) is 19.8 Å². The fraction of sp³-hybridized carbons (Fsp3) is 1.00. The summed E-state index contributed by atoms with van der Waals surface area (Å²) in [5, 5.41) is 3.18. The van der Waals surface area contributed by atoms with Gasteiger partial charge in [0.1, 0.15) is 0 Å². The Labute approximate surface area is 85.9 Å². The summed E-state index contributed by atoms with van der Waals surface area (Å²) in [6, 6.07) is 0. The topological polar surface area (TPSA) is 39.7 Å². The molecular formula is C10H21NO3. The number of nitrogens with one attached hydrogen (secondary N) is 1. The zero-order valence-corrected chi connectivity index (χ0v) is 9.34. The number of ether oxygens (including phenoxy) is 3. The van der Waals surface area contributed by atoms with E-state index in [9.17, 15) is 0 Å². The van der Waals surface area contributed by atoms with Crippen LogP contribution in [0.2, 0.25) is 0 Å². The van der Waals surface area contributed by atoms with Crippen LogP contribution < -0.4 is 5.32 Å². The third-order valence-electron chi connectivity index (χ3n) is 2.27. The van der Waals surface area contributed by atoms with Crippen molar-refractivity contribution < 1.29 is 14.2 Å². The molecule has 1 N–H and O–H groups in total. The maximum atomic E-state index is 5.72. The molecule has 0 spiro atoms. The van der Waals surface area contributed by atoms with Crippen LogP contribution >= 0.6 is 0 Å². The van der Waals surface area contributed by atoms with Gasteiger partial charge in [0.05, 0.1) is 12.2 Å². The van der Waals surface area contributed by atoms with Gasteiger partial charge in [0.2, 0.25) is 0 Å². The Kier molecular flexibility index (Phi) is 4.81. The lowest BCUT2D eigenvalue weighted by molar-refractivity contribution is -0.197. The first-order valence-corrected chi connectivity index (χ1v) is 5.28. The molecule has 0 aromatic rings. The smallest absolute Gasteiger partial charge is 0.180 e. The Hall–Kier alpha value is -0.160. The summed E-state index contributed by atoms with van der Waals surface area (Å²) < 4.78 is 16.5. The van der Waals surface area contributed by atoms with Crippen molar-refractivity contribution in [2.24, 2.45) is 0 Å². The summed E-state index contributed by atoms with van der Waals surface area (Å²) in [5.41, 5.74) is -0.0214. The summed E-state index contributed by atoms with van der Waals surface area (Å²) in [5.74, 6) is 0. The van der Waals surface area contributed by atoms with Crippen LogP contribution in [0, 0.1) is 0 Å². The maximum absolute atomic E-state index is 5.72. The Morgan fingerprint density at radius 1 is 1.21 bits per heavy atom. The molecular weight excluding hydrogens is 182 g/mol. The summed E-state index contributed by atoms with van der Waals surface area (Å²) in [6.07, 6.45) is -0.220. The molecule has 0 aromatic carbocycles. The second-order valence-electron chi connectivity index (χ2n) is 3.70. The zero-order valence-electron chi connectivity index (χ0n) is 9.34. The molecule has 14 heavy (non-hydrogen) atoms. The average Bonchev–Trinajstić information content (AvgIpc) is 2.12. The highest BCUT2D eigenvalue weighted by Gasteiger charge is 2.33. The summed E-state index contributed by atoms with van der Waals surface area (Å²) in [6.45, 7) is 9.66. The molecule has 84 valence electrons. The van der Waals surface area contributed by atoms with Crippen LogP contribution in [0.3, 0.4) is 0 Å². The molecule has 0 amide bonds. The Balaban J connectivity index is 2.17. The first-order valence-electron chi connectivity index (χ1n) is 5.28. The number of hydrogen-bond donors (Lipinski definition) is 1. The van der Waals surface area contributed by atoms with Gasteiger partial charge in [-0.2, -0.15) is 0 Å². The van der Waals surface area contributed by atoms with Crippen molar-refractivity contribution in [2.75, 3.05) is 32.9 Å². The minimum Gasteiger partial charge on any atom is -0.367 e. The van der Waals surface area contributed by atoms with Gasteiger partial charge in [-0.25, -0.2) is 0 Å². The first kappa shape index (κ1) is 11.9. The van der Waals surface area contributed by atoms with Gasteiger partial charge in [-0.1, -0.05) is 0 Å². The minimum absolute atomic E-state index is 0.0214. The maximum Gasteiger partial charge on any atom is 0.180 e. The van der Waals surface area contributed by atoms with Crippen molar-refractivity contribution in [2.45, 2.75) is 32.7 Å². The largest absolute Gasteiger partial charge is 0.367 e. The van der Waals surface area contributed by atoms with Gasteiger partial charge in [0.25, 0.3) is 0 Å². The Bertz CT molecular complexity index is 153. The van der Waals surface area contributed by atoms with E-state index >= 15 is 0 Å². The van der Waals surface area contributed by atoms with E-state index in [-0.39, 0.29) is 11.9 Å². The van der Waals surface area contributed by atoms with E-state index in [0.717, 1.165) is 13.1 Å². The zero-order chi connectivity index (χ0) is 10.4. The third kappa shape index (κ3) is 3.53. The van der Waals surface area contributed by atoms with Crippen molar-refractivity contribution in [1.82, 2.24) is 5.32 Å². The fourth-order valence-electron chi connectivity index (χ4n) is 1.36. The van der Waals surface area contributed by atoms with Crippen LogP contribution in [0.5, 0.6) is 0 Å². The predicted octanol–water partition coefficient (Wildman–Crippen LogP) is 0.764. The van der Waals surface area contributed by atoms with E-state index in [4.69, 9.17) is 14.2 Å². The molecule has 4 nitrogen and oxygen atoms in total. The van der Waals surface area contributed by atoms with E-state index < -0.39 is 0 Å². The highest BCUT2D eigenvalue weighted by Crippen LogP contribution is 2.16. The molecule has 4 heteroatoms. The molecule has 1 aliphatic rings. The Morgan fingerprint density at radius 3 is 2.14 bits per heavy atom. The molecule has 0 radical (unpaired) electrons. The van der Waals surface area contributed by atoms with Crippen molar-refractivity contribution in [3.05, 3.63) is 0 Å². The molecule has 1 fully saturated rings. The average molecular weight is 203 g/mol. The molecule has 0 aromatic heterocycles. The molecule has 1 aliphatic heterocycles. The van der Waals surface area contributed by atoms with Crippen molar-refractivity contribution in [3.63, 3.8) is 0 Å². The Morgan fingerprint density at radius 2 is 1.79 bits per heavy atom. The quantitative estimate of drug-likeness (QED) is 0.620. The second-order valence-corrected chi connectivity index (χ2v) is 3.70. The minimum atomic E-state index is -0.220. The van der Waals surface area contributed by atoms with Crippen molar-refractivity contribution in [3.8, 4) is 0 Å². The van der Waals surface area contributed by atoms with Crippen molar-refractivity contribution >= 4 is 0 Å². The van der Waals surface area contributed by atoms with Gasteiger partial charge in [0, 0.05) is 26.3 Å². The van der Waals surface area contributed by atoms with Crippen molar-refractivity contribution in [1.29, 1.82) is 0 Å². The standard InChI is InChI=1S/C10H21NO3/c1-4-12-9(13-5-2)6-14-10(3)7-11-8-10/h9,11H,4-8H2,1-3H3. The van der Waals surface area contributed by atoms with Crippen LogP contribution in [0.1, 0.15) is 20.8 Å². The van der Waals surface area contributed by atoms with Gasteiger partial charge in [-0.05, 0) is 20.8 Å². The van der Waals surface area contributed by atoms with Crippen LogP contribution in [0.4, 0.5) is 0 Å². The molecule has 0 unspecified atom stereocenters. The first-order chi connectivity index (χ1) is 6.70. The third-order valence-corrected chi connectivity index (χ3v) is 2.27. The summed E-state index contributed by atoms with van der Waals surface area (Å²) in [4.78, 5) is 0. The van der Waals surface area contributed by atoms with Crippen LogP contribution in [-0.4, -0.2) is 44.8 Å². The molecule has 0 bridgehead atoms. The van der Waals surface area contributed by atoms with Gasteiger partial charge in [0.15, 0.2) is 6.29 Å². The predicted molar refractivity (Wildman–Crippen MR) is 54.3 cm³/mol. The van der Waals surface area contributed by atoms with E-state index in [2.05, 4.69) is 12.2 Å². The van der Waals surface area contributed by atoms with Crippen LogP contribution in [0.15, 0.2) is 0 Å². The van der Waals surface area contributed by atoms with Gasteiger partial charge >= 0.3 is 0 Å². The molecule has 0 aliphatic carbocycles. The monoisotopic (exact) mass is 203 g/mol. The van der Waals surface area contributed by atoms with Gasteiger partial charge < -0.3 is 19.5 Å². The molecule has 1 saturated heterocycles. The summed E-state index contributed by atoms with van der Waals surface area (Å²) >= 11 is 0. The normalized spacial score (nSPS) is 19.7. The van der Waals surface area contributed by atoms with E-state index in [1.165, 1.54) is 0 Å². The van der Waals surface area contributed by atoms with E-state index in [1.807, 2.05) is 13.8 Å². The van der Waals surface area contributed by atoms with E-state index in [1.54, 1.807) is 0 Å². The lowest BCUT2D eigenvalue weighted by Gasteiger charge is -2.39. The number of hydrogen-bond acceptors (Lipinski definition) is 4. The van der Waals surface area contributed by atoms with Crippen LogP contribution in [0.25, 0.3) is 0 Å². The van der Waals surface area contributed by atoms with Crippen LogP contribution in [-0.2, 0) is 14.2 Å². The summed E-state index contributed by atoms with van der Waals surface area (Å²) in [7, 11) is 0. The van der Waals surface area contributed by atoms with Gasteiger partial charge in [-0.3, -0.25) is 0 Å². The molecule has 0 atom stereocenters. The molecule has 1 rings (SSSR count). The molecule has 1 heterocycles. The SMILES string of the molecule is CCOC(COC1(C)CNC1)OCC. The fourth-order valence-corrected chi connectivity index (χ4v) is 1.36. The lowest BCUT2D eigenvalue weighted by atomic mass is 10.0. The second kappa shape index (κ2) is 5.66.